The second-order valence-electron chi connectivity index (χ2n) is 7.76. The van der Waals surface area contributed by atoms with Gasteiger partial charge in [0.25, 0.3) is 0 Å². The van der Waals surface area contributed by atoms with Crippen LogP contribution in [0.15, 0.2) is 12.1 Å². The Morgan fingerprint density at radius 1 is 0.765 bits per heavy atom. The summed E-state index contributed by atoms with van der Waals surface area (Å²) in [7, 11) is 0. The van der Waals surface area contributed by atoms with Crippen LogP contribution < -0.4 is 9.47 Å². The van der Waals surface area contributed by atoms with Crippen molar-refractivity contribution in [2.24, 2.45) is 0 Å². The van der Waals surface area contributed by atoms with Gasteiger partial charge in [-0.3, -0.25) is 0 Å². The second-order valence-corrected chi connectivity index (χ2v) is 7.76. The third kappa shape index (κ3) is 5.03. The fraction of sp³-hybridized carbons (Fsp3) is 0.632. The molecule has 2 fully saturated rings. The van der Waals surface area contributed by atoms with Crippen molar-refractivity contribution in [1.29, 1.82) is 0 Å². The van der Waals surface area contributed by atoms with Crippen LogP contribution in [0.25, 0.3) is 0 Å². The first-order valence-electron chi connectivity index (χ1n) is 10.0. The minimum Gasteiger partial charge on any atom is -0.504 e. The summed E-state index contributed by atoms with van der Waals surface area (Å²) in [4.78, 5) is 11.4. The Bertz CT molecular complexity index is 860. The number of aromatic hydroxyl groups is 1. The Hall–Kier alpha value is -2.31. The molecule has 15 heteroatoms. The Morgan fingerprint density at radius 2 is 1.24 bits per heavy atom. The van der Waals surface area contributed by atoms with Crippen LogP contribution in [0.5, 0.6) is 17.2 Å². The maximum Gasteiger partial charge on any atom is 0.335 e. The van der Waals surface area contributed by atoms with Crippen molar-refractivity contribution in [2.75, 3.05) is 13.2 Å². The Labute approximate surface area is 191 Å². The van der Waals surface area contributed by atoms with Crippen molar-refractivity contribution in [3.8, 4) is 17.2 Å². The molecule has 2 heterocycles. The molecule has 0 spiro atoms. The molecular weight excluding hydrogens is 468 g/mol. The average Bonchev–Trinajstić information content (AvgIpc) is 2.81. The number of aliphatic hydroxyl groups is 8. The normalized spacial score (nSPS) is 38.4. The van der Waals surface area contributed by atoms with E-state index in [1.165, 1.54) is 0 Å². The summed E-state index contributed by atoms with van der Waals surface area (Å²) in [5, 5.41) is 98.3. The predicted octanol–water partition coefficient (Wildman–Crippen LogP) is -4.55. The van der Waals surface area contributed by atoms with Crippen LogP contribution in [-0.4, -0.2) is 132 Å². The lowest BCUT2D eigenvalue weighted by atomic mass is 9.99. The quantitative estimate of drug-likeness (QED) is 0.171. The molecule has 2 aliphatic heterocycles. The van der Waals surface area contributed by atoms with E-state index in [1.807, 2.05) is 0 Å². The SMILES string of the molecule is O=C(O)c1cc(O)c(OC2O[C@H](CO)[C@@H](O)[C@H](O)[C@H]2O)c(OC2O[C@H](CO)[C@@H](O)[C@H](O)[C@H]2O)c1. The van der Waals surface area contributed by atoms with Crippen LogP contribution in [0.4, 0.5) is 0 Å². The molecule has 2 unspecified atom stereocenters. The van der Waals surface area contributed by atoms with Gasteiger partial charge in [0.1, 0.15) is 48.8 Å². The van der Waals surface area contributed by atoms with Crippen LogP contribution in [0.3, 0.4) is 0 Å². The van der Waals surface area contributed by atoms with Crippen molar-refractivity contribution in [3.63, 3.8) is 0 Å². The summed E-state index contributed by atoms with van der Waals surface area (Å²) >= 11 is 0. The molecule has 10 N–H and O–H groups in total. The zero-order valence-electron chi connectivity index (χ0n) is 17.4. The number of benzene rings is 1. The lowest BCUT2D eigenvalue weighted by molar-refractivity contribution is -0.282. The molecule has 0 aliphatic carbocycles. The number of aromatic carboxylic acids is 1. The second kappa shape index (κ2) is 10.5. The summed E-state index contributed by atoms with van der Waals surface area (Å²) in [5.41, 5.74) is -0.516. The predicted molar refractivity (Wildman–Crippen MR) is 104 cm³/mol. The summed E-state index contributed by atoms with van der Waals surface area (Å²) in [5.74, 6) is -3.62. The first-order chi connectivity index (χ1) is 16.0. The van der Waals surface area contributed by atoms with E-state index in [0.717, 1.165) is 12.1 Å². The third-order valence-corrected chi connectivity index (χ3v) is 5.46. The van der Waals surface area contributed by atoms with Gasteiger partial charge in [0.2, 0.25) is 18.3 Å². The van der Waals surface area contributed by atoms with Crippen LogP contribution in [0, 0.1) is 0 Å². The van der Waals surface area contributed by atoms with E-state index in [1.54, 1.807) is 0 Å². The van der Waals surface area contributed by atoms with Gasteiger partial charge in [0, 0.05) is 0 Å². The zero-order valence-corrected chi connectivity index (χ0v) is 17.4. The Kier molecular flexibility index (Phi) is 8.14. The molecule has 192 valence electrons. The van der Waals surface area contributed by atoms with Crippen LogP contribution >= 0.6 is 0 Å². The summed E-state index contributed by atoms with van der Waals surface area (Å²) < 4.78 is 21.2. The topological polar surface area (TPSA) is 256 Å². The number of hydrogen-bond acceptors (Lipinski definition) is 14. The van der Waals surface area contributed by atoms with Crippen molar-refractivity contribution in [2.45, 2.75) is 61.4 Å². The van der Waals surface area contributed by atoms with Crippen molar-refractivity contribution >= 4 is 5.97 Å². The van der Waals surface area contributed by atoms with Gasteiger partial charge in [0.15, 0.2) is 11.5 Å². The van der Waals surface area contributed by atoms with E-state index in [9.17, 15) is 55.9 Å². The van der Waals surface area contributed by atoms with E-state index < -0.39 is 103 Å². The molecule has 1 aromatic carbocycles. The third-order valence-electron chi connectivity index (χ3n) is 5.46. The van der Waals surface area contributed by atoms with Gasteiger partial charge in [-0.05, 0) is 12.1 Å². The van der Waals surface area contributed by atoms with E-state index in [4.69, 9.17) is 18.9 Å². The molecule has 3 rings (SSSR count). The maximum atomic E-state index is 11.4. The van der Waals surface area contributed by atoms with Crippen molar-refractivity contribution in [3.05, 3.63) is 17.7 Å². The van der Waals surface area contributed by atoms with E-state index in [2.05, 4.69) is 0 Å². The largest absolute Gasteiger partial charge is 0.504 e. The number of hydrogen-bond donors (Lipinski definition) is 10. The lowest BCUT2D eigenvalue weighted by Crippen LogP contribution is -2.60. The van der Waals surface area contributed by atoms with Gasteiger partial charge >= 0.3 is 5.97 Å². The maximum absolute atomic E-state index is 11.4. The van der Waals surface area contributed by atoms with Gasteiger partial charge in [-0.2, -0.15) is 0 Å². The molecule has 0 radical (unpaired) electrons. The molecule has 34 heavy (non-hydrogen) atoms. The monoisotopic (exact) mass is 494 g/mol. The first kappa shape index (κ1) is 26.3. The fourth-order valence-corrected chi connectivity index (χ4v) is 3.49. The van der Waals surface area contributed by atoms with Crippen molar-refractivity contribution in [1.82, 2.24) is 0 Å². The van der Waals surface area contributed by atoms with E-state index in [-0.39, 0.29) is 0 Å². The van der Waals surface area contributed by atoms with E-state index in [0.29, 0.717) is 0 Å². The summed E-state index contributed by atoms with van der Waals surface area (Å²) in [6.45, 7) is -1.55. The lowest BCUT2D eigenvalue weighted by Gasteiger charge is -2.41. The molecule has 2 aliphatic rings. The molecule has 1 aromatic rings. The molecule has 0 bridgehead atoms. The molecule has 10 atom stereocenters. The van der Waals surface area contributed by atoms with Gasteiger partial charge in [0.05, 0.1) is 18.8 Å². The zero-order chi connectivity index (χ0) is 25.3. The standard InChI is InChI=1S/C19H26O15/c20-3-8-10(23)12(25)14(27)18(32-8)31-7-2-5(17(29)30)1-6(22)16(7)34-19-15(28)13(26)11(24)9(4-21)33-19/h1-2,8-15,18-28H,3-4H2,(H,29,30)/t8-,9-,10-,11-,12+,13+,14-,15-,18?,19?/m1/s1. The Balaban J connectivity index is 1.95. The van der Waals surface area contributed by atoms with Crippen LogP contribution in [0.2, 0.25) is 0 Å². The highest BCUT2D eigenvalue weighted by atomic mass is 16.7. The van der Waals surface area contributed by atoms with Gasteiger partial charge in [-0.15, -0.1) is 0 Å². The van der Waals surface area contributed by atoms with Gasteiger partial charge < -0.3 is 70.0 Å². The number of ether oxygens (including phenoxy) is 4. The number of aliphatic hydroxyl groups excluding tert-OH is 8. The van der Waals surface area contributed by atoms with Crippen LogP contribution in [-0.2, 0) is 9.47 Å². The fourth-order valence-electron chi connectivity index (χ4n) is 3.49. The minimum atomic E-state index is -1.89. The Morgan fingerprint density at radius 3 is 1.68 bits per heavy atom. The molecule has 0 saturated carbocycles. The molecule has 0 amide bonds. The van der Waals surface area contributed by atoms with E-state index >= 15 is 0 Å². The molecule has 15 nitrogen and oxygen atoms in total. The smallest absolute Gasteiger partial charge is 0.335 e. The highest BCUT2D eigenvalue weighted by Crippen LogP contribution is 2.41. The summed E-state index contributed by atoms with van der Waals surface area (Å²) in [6.07, 6.45) is -17.2. The van der Waals surface area contributed by atoms with Crippen molar-refractivity contribution < 1.29 is 74.8 Å². The minimum absolute atomic E-state index is 0.516. The average molecular weight is 494 g/mol. The first-order valence-corrected chi connectivity index (χ1v) is 10.0. The number of rotatable bonds is 7. The number of carboxylic acid groups (broad SMARTS) is 1. The highest BCUT2D eigenvalue weighted by Gasteiger charge is 2.47. The van der Waals surface area contributed by atoms with Gasteiger partial charge in [-0.1, -0.05) is 0 Å². The summed E-state index contributed by atoms with van der Waals surface area (Å²) in [6, 6.07) is 1.59. The highest BCUT2D eigenvalue weighted by molar-refractivity contribution is 5.89. The molecular formula is C19H26O15. The van der Waals surface area contributed by atoms with Crippen LogP contribution in [0.1, 0.15) is 10.4 Å². The number of carboxylic acids is 1. The number of phenols is 1. The molecule has 0 aromatic heterocycles. The number of carbonyl (C=O) groups is 1. The number of phenolic OH excluding ortho intramolecular Hbond substituents is 1. The van der Waals surface area contributed by atoms with Gasteiger partial charge in [-0.25, -0.2) is 4.79 Å². The molecule has 2 saturated heterocycles.